The van der Waals surface area contributed by atoms with E-state index in [-0.39, 0.29) is 48.9 Å². The summed E-state index contributed by atoms with van der Waals surface area (Å²) < 4.78 is 0. The van der Waals surface area contributed by atoms with Crippen LogP contribution in [0.25, 0.3) is 0 Å². The molecule has 3 heterocycles. The fourth-order valence-corrected chi connectivity index (χ4v) is 4.86. The summed E-state index contributed by atoms with van der Waals surface area (Å²) in [6.45, 7) is 0.475. The van der Waals surface area contributed by atoms with Crippen LogP contribution in [0.3, 0.4) is 0 Å². The van der Waals surface area contributed by atoms with Gasteiger partial charge in [0.2, 0.25) is 5.91 Å². The van der Waals surface area contributed by atoms with Gasteiger partial charge >= 0.3 is 6.03 Å². The van der Waals surface area contributed by atoms with E-state index < -0.39 is 0 Å². The lowest BCUT2D eigenvalue weighted by Crippen LogP contribution is -2.38. The van der Waals surface area contributed by atoms with Crippen molar-refractivity contribution in [3.8, 4) is 0 Å². The fraction of sp³-hybridized carbons (Fsp3) is 0.625. The number of carbonyl (C=O) groups excluding carboxylic acids is 4. The minimum atomic E-state index is -0.333. The first-order chi connectivity index (χ1) is 12.0. The minimum Gasteiger partial charge on any atom is -0.354 e. The number of fused-ring (bicyclic) bond motifs is 1. The summed E-state index contributed by atoms with van der Waals surface area (Å²) >= 11 is 1.87. The Balaban J connectivity index is 1.25. The van der Waals surface area contributed by atoms with Crippen LogP contribution in [0, 0.1) is 0 Å². The van der Waals surface area contributed by atoms with E-state index in [1.54, 1.807) is 0 Å². The average molecular weight is 366 g/mol. The van der Waals surface area contributed by atoms with E-state index in [2.05, 4.69) is 16.0 Å². The van der Waals surface area contributed by atoms with Crippen LogP contribution in [0.5, 0.6) is 0 Å². The lowest BCUT2D eigenvalue weighted by molar-refractivity contribution is -0.137. The number of carbonyl (C=O) groups is 4. The molecule has 8 nitrogen and oxygen atoms in total. The van der Waals surface area contributed by atoms with Gasteiger partial charge in [-0.05, 0) is 12.8 Å². The molecule has 0 aliphatic carbocycles. The Hall–Kier alpha value is -2.03. The summed E-state index contributed by atoms with van der Waals surface area (Å²) in [5.41, 5.74) is 0. The van der Waals surface area contributed by atoms with E-state index in [1.807, 2.05) is 11.8 Å². The minimum absolute atomic E-state index is 0.0696. The number of nitrogens with one attached hydrogen (secondary N) is 3. The predicted molar refractivity (Wildman–Crippen MR) is 92.8 cm³/mol. The van der Waals surface area contributed by atoms with E-state index >= 15 is 0 Å². The summed E-state index contributed by atoms with van der Waals surface area (Å²) in [5.74, 6) is 0.206. The van der Waals surface area contributed by atoms with Gasteiger partial charge in [0.1, 0.15) is 0 Å². The van der Waals surface area contributed by atoms with Crippen LogP contribution in [0.4, 0.5) is 4.79 Å². The Kier molecular flexibility index (Phi) is 5.62. The molecule has 0 aromatic rings. The number of hydrogen-bond acceptors (Lipinski definition) is 5. The molecule has 0 bridgehead atoms. The fourth-order valence-electron chi connectivity index (χ4n) is 3.32. The third kappa shape index (κ3) is 4.33. The van der Waals surface area contributed by atoms with Crippen LogP contribution in [-0.2, 0) is 14.4 Å². The summed E-state index contributed by atoms with van der Waals surface area (Å²) in [4.78, 5) is 47.0. The zero-order chi connectivity index (χ0) is 17.8. The maximum absolute atomic E-state index is 11.8. The van der Waals surface area contributed by atoms with E-state index in [0.29, 0.717) is 11.7 Å². The molecule has 25 heavy (non-hydrogen) atoms. The standard InChI is InChI=1S/C16H22N4O4S/c21-12(17-7-8-20-13(22)5-6-14(20)23)4-2-1-3-11-15-10(9-25-11)18-16(24)19-15/h5-6,10-11,15H,1-4,7-9H2,(H,17,21)(H2,18,19,24)/t10-,11+,15-/m1/s1. The van der Waals surface area contributed by atoms with Gasteiger partial charge in [-0.3, -0.25) is 19.3 Å². The van der Waals surface area contributed by atoms with Gasteiger partial charge in [-0.25, -0.2) is 4.79 Å². The normalized spacial score (nSPS) is 27.4. The molecule has 2 fully saturated rings. The van der Waals surface area contributed by atoms with Gasteiger partial charge in [0.15, 0.2) is 0 Å². The number of hydrogen-bond donors (Lipinski definition) is 3. The Morgan fingerprint density at radius 3 is 2.72 bits per heavy atom. The van der Waals surface area contributed by atoms with Gasteiger partial charge < -0.3 is 16.0 Å². The topological polar surface area (TPSA) is 108 Å². The average Bonchev–Trinajstić information content (AvgIpc) is 3.21. The molecule has 136 valence electrons. The quantitative estimate of drug-likeness (QED) is 0.312. The van der Waals surface area contributed by atoms with Crippen LogP contribution in [0.1, 0.15) is 25.7 Å². The van der Waals surface area contributed by atoms with Crippen molar-refractivity contribution in [3.05, 3.63) is 12.2 Å². The first-order valence-corrected chi connectivity index (χ1v) is 9.58. The van der Waals surface area contributed by atoms with Crippen LogP contribution in [0.15, 0.2) is 12.2 Å². The molecule has 3 atom stereocenters. The summed E-state index contributed by atoms with van der Waals surface area (Å²) in [6.07, 6.45) is 5.58. The van der Waals surface area contributed by atoms with Gasteiger partial charge in [-0.1, -0.05) is 6.42 Å². The number of unbranched alkanes of at least 4 members (excludes halogenated alkanes) is 1. The smallest absolute Gasteiger partial charge is 0.315 e. The van der Waals surface area contributed by atoms with Crippen LogP contribution >= 0.6 is 11.8 Å². The lowest BCUT2D eigenvalue weighted by Gasteiger charge is -2.16. The number of rotatable bonds is 8. The lowest BCUT2D eigenvalue weighted by atomic mass is 10.0. The molecule has 9 heteroatoms. The number of nitrogens with zero attached hydrogens (tertiary/aromatic N) is 1. The van der Waals surface area contributed by atoms with E-state index in [4.69, 9.17) is 0 Å². The second-order valence-corrected chi connectivity index (χ2v) is 7.65. The highest BCUT2D eigenvalue weighted by molar-refractivity contribution is 8.00. The van der Waals surface area contributed by atoms with Gasteiger partial charge in [0.05, 0.1) is 12.1 Å². The van der Waals surface area contributed by atoms with Gasteiger partial charge in [0.25, 0.3) is 11.8 Å². The van der Waals surface area contributed by atoms with Crippen molar-refractivity contribution in [2.45, 2.75) is 43.0 Å². The SMILES string of the molecule is O=C(CCCC[C@@H]1SC[C@H]2NC(=O)N[C@@H]12)NCCN1C(=O)C=CC1=O. The van der Waals surface area contributed by atoms with E-state index in [1.165, 1.54) is 12.2 Å². The Morgan fingerprint density at radius 1 is 1.20 bits per heavy atom. The molecule has 3 N–H and O–H groups in total. The predicted octanol–water partition coefficient (Wildman–Crippen LogP) is -0.247. The molecule has 3 rings (SSSR count). The largest absolute Gasteiger partial charge is 0.354 e. The number of urea groups is 1. The van der Waals surface area contributed by atoms with Crippen molar-refractivity contribution in [1.82, 2.24) is 20.9 Å². The van der Waals surface area contributed by atoms with Gasteiger partial charge in [0, 0.05) is 42.7 Å². The molecule has 2 saturated heterocycles. The zero-order valence-corrected chi connectivity index (χ0v) is 14.6. The number of thioether (sulfide) groups is 1. The Bertz CT molecular complexity index is 591. The highest BCUT2D eigenvalue weighted by Gasteiger charge is 2.42. The Morgan fingerprint density at radius 2 is 1.96 bits per heavy atom. The van der Waals surface area contributed by atoms with Crippen molar-refractivity contribution in [2.75, 3.05) is 18.8 Å². The summed E-state index contributed by atoms with van der Waals surface area (Å²) in [5, 5.41) is 9.02. The van der Waals surface area contributed by atoms with Crippen molar-refractivity contribution >= 4 is 35.5 Å². The molecular formula is C16H22N4O4S. The number of amides is 5. The first-order valence-electron chi connectivity index (χ1n) is 8.53. The van der Waals surface area contributed by atoms with Crippen LogP contribution < -0.4 is 16.0 Å². The molecule has 3 aliphatic rings. The second kappa shape index (κ2) is 7.90. The molecule has 0 aromatic carbocycles. The monoisotopic (exact) mass is 366 g/mol. The maximum atomic E-state index is 11.8. The molecular weight excluding hydrogens is 344 g/mol. The van der Waals surface area contributed by atoms with Gasteiger partial charge in [-0.15, -0.1) is 0 Å². The third-order valence-electron chi connectivity index (χ3n) is 4.64. The summed E-state index contributed by atoms with van der Waals surface area (Å²) in [7, 11) is 0. The highest BCUT2D eigenvalue weighted by atomic mass is 32.2. The van der Waals surface area contributed by atoms with Crippen LogP contribution in [0.2, 0.25) is 0 Å². The molecule has 0 spiro atoms. The molecule has 5 amide bonds. The molecule has 0 unspecified atom stereocenters. The van der Waals surface area contributed by atoms with Crippen molar-refractivity contribution in [2.24, 2.45) is 0 Å². The second-order valence-electron chi connectivity index (χ2n) is 6.38. The van der Waals surface area contributed by atoms with Crippen molar-refractivity contribution in [3.63, 3.8) is 0 Å². The Labute approximate surface area is 150 Å². The number of imide groups is 1. The van der Waals surface area contributed by atoms with E-state index in [0.717, 1.165) is 29.9 Å². The molecule has 0 aromatic heterocycles. The van der Waals surface area contributed by atoms with E-state index in [9.17, 15) is 19.2 Å². The summed E-state index contributed by atoms with van der Waals surface area (Å²) in [6, 6.07) is 0.358. The zero-order valence-electron chi connectivity index (χ0n) is 13.8. The molecule has 0 radical (unpaired) electrons. The molecule has 0 saturated carbocycles. The molecule has 3 aliphatic heterocycles. The first kappa shape index (κ1) is 17.8. The van der Waals surface area contributed by atoms with Crippen molar-refractivity contribution in [1.29, 1.82) is 0 Å². The highest BCUT2D eigenvalue weighted by Crippen LogP contribution is 2.33. The van der Waals surface area contributed by atoms with Gasteiger partial charge in [-0.2, -0.15) is 11.8 Å². The van der Waals surface area contributed by atoms with Crippen molar-refractivity contribution < 1.29 is 19.2 Å². The maximum Gasteiger partial charge on any atom is 0.315 e. The van der Waals surface area contributed by atoms with Crippen LogP contribution in [-0.4, -0.2) is 64.8 Å². The third-order valence-corrected chi connectivity index (χ3v) is 6.15.